The van der Waals surface area contributed by atoms with E-state index in [0.29, 0.717) is 0 Å². The number of hydrazone groups is 1. The van der Waals surface area contributed by atoms with Crippen molar-refractivity contribution in [3.63, 3.8) is 0 Å². The summed E-state index contributed by atoms with van der Waals surface area (Å²) in [5.41, 5.74) is 0.858. The van der Waals surface area contributed by atoms with E-state index in [4.69, 9.17) is 4.42 Å². The molecule has 1 heterocycles. The second-order valence-electron chi connectivity index (χ2n) is 2.45. The van der Waals surface area contributed by atoms with Crippen molar-refractivity contribution in [2.45, 2.75) is 6.92 Å². The Labute approximate surface area is 84.6 Å². The summed E-state index contributed by atoms with van der Waals surface area (Å²) in [6, 6.07) is 3.56. The molecule has 12 heavy (non-hydrogen) atoms. The normalized spacial score (nSPS) is 10.8. The zero-order valence-electron chi connectivity index (χ0n) is 7.96. The Hall–Kier alpha value is -0.653. The van der Waals surface area contributed by atoms with Gasteiger partial charge in [0.25, 0.3) is 0 Å². The number of rotatable bonds is 2. The van der Waals surface area contributed by atoms with Crippen molar-refractivity contribution in [3.05, 3.63) is 24.2 Å². The van der Waals surface area contributed by atoms with Gasteiger partial charge < -0.3 is 9.43 Å². The number of hydrogen-bond donors (Lipinski definition) is 0. The van der Waals surface area contributed by atoms with Gasteiger partial charge in [0.1, 0.15) is 0 Å². The number of hydrogen-bond acceptors (Lipinski definition) is 3. The molecule has 0 radical (unpaired) electrons. The van der Waals surface area contributed by atoms with Crippen molar-refractivity contribution in [1.29, 1.82) is 0 Å². The predicted molar refractivity (Wildman–Crippen MR) is 43.4 cm³/mol. The average Bonchev–Trinajstić information content (AvgIpc) is 2.35. The maximum atomic E-state index is 5.01. The van der Waals surface area contributed by atoms with Crippen molar-refractivity contribution in [2.24, 2.45) is 5.10 Å². The van der Waals surface area contributed by atoms with Gasteiger partial charge >= 0.3 is 18.9 Å². The van der Waals surface area contributed by atoms with Crippen molar-refractivity contribution < 1.29 is 23.3 Å². The first-order valence-electron chi connectivity index (χ1n) is 3.39. The molecule has 0 atom stereocenters. The first-order valence-corrected chi connectivity index (χ1v) is 3.39. The molecule has 0 saturated carbocycles. The van der Waals surface area contributed by atoms with Gasteiger partial charge in [-0.15, -0.1) is 6.07 Å². The summed E-state index contributed by atoms with van der Waals surface area (Å²) in [5, 5.41) is 5.89. The zero-order valence-corrected chi connectivity index (χ0v) is 7.96. The quantitative estimate of drug-likeness (QED) is 0.224. The van der Waals surface area contributed by atoms with Crippen LogP contribution in [-0.2, 0) is 0 Å². The molecule has 0 N–H and O–H groups in total. The SMILES string of the molecule is C/C(=N\N(C)C)c1cc[c-]o1.[Li+]. The summed E-state index contributed by atoms with van der Waals surface area (Å²) in [6.07, 6.45) is 2.61. The van der Waals surface area contributed by atoms with E-state index in [-0.39, 0.29) is 18.9 Å². The summed E-state index contributed by atoms with van der Waals surface area (Å²) in [6.45, 7) is 1.90. The summed E-state index contributed by atoms with van der Waals surface area (Å²) in [7, 11) is 3.74. The van der Waals surface area contributed by atoms with E-state index in [2.05, 4.69) is 11.4 Å². The fourth-order valence-corrected chi connectivity index (χ4v) is 0.785. The van der Waals surface area contributed by atoms with E-state index in [1.165, 1.54) is 0 Å². The van der Waals surface area contributed by atoms with Gasteiger partial charge in [0.15, 0.2) is 0 Å². The average molecular weight is 158 g/mol. The Kier molecular flexibility index (Phi) is 4.80. The molecule has 3 nitrogen and oxygen atoms in total. The molecule has 0 aliphatic carbocycles. The maximum Gasteiger partial charge on any atom is 1.00 e. The molecule has 0 saturated heterocycles. The van der Waals surface area contributed by atoms with E-state index in [1.807, 2.05) is 27.1 Å². The van der Waals surface area contributed by atoms with Crippen LogP contribution in [0.15, 0.2) is 21.7 Å². The Morgan fingerprint density at radius 3 is 2.67 bits per heavy atom. The van der Waals surface area contributed by atoms with Crippen molar-refractivity contribution in [3.8, 4) is 0 Å². The summed E-state index contributed by atoms with van der Waals surface area (Å²) >= 11 is 0. The molecule has 60 valence electrons. The molecule has 0 aromatic carbocycles. The molecule has 0 fully saturated rings. The molecule has 1 rings (SSSR count). The number of nitrogens with zero attached hydrogens (tertiary/aromatic N) is 2. The van der Waals surface area contributed by atoms with Gasteiger partial charge in [-0.1, -0.05) is 0 Å². The molecule has 1 aromatic rings. The minimum absolute atomic E-state index is 0. The number of furan rings is 1. The first kappa shape index (κ1) is 11.3. The summed E-state index contributed by atoms with van der Waals surface area (Å²) in [5.74, 6) is 0.763. The van der Waals surface area contributed by atoms with Crippen LogP contribution in [0.2, 0.25) is 0 Å². The minimum atomic E-state index is 0. The van der Waals surface area contributed by atoms with Gasteiger partial charge in [0.2, 0.25) is 0 Å². The second kappa shape index (κ2) is 5.07. The van der Waals surface area contributed by atoms with Crippen LogP contribution in [-0.4, -0.2) is 24.8 Å². The fraction of sp³-hybridized carbons (Fsp3) is 0.375. The molecule has 0 unspecified atom stereocenters. The van der Waals surface area contributed by atoms with Crippen molar-refractivity contribution >= 4 is 5.71 Å². The fourth-order valence-electron chi connectivity index (χ4n) is 0.785. The topological polar surface area (TPSA) is 28.7 Å². The van der Waals surface area contributed by atoms with E-state index in [9.17, 15) is 0 Å². The third-order valence-electron chi connectivity index (χ3n) is 1.18. The van der Waals surface area contributed by atoms with E-state index >= 15 is 0 Å². The van der Waals surface area contributed by atoms with Crippen LogP contribution in [0.1, 0.15) is 12.7 Å². The van der Waals surface area contributed by atoms with Crippen molar-refractivity contribution in [2.75, 3.05) is 14.1 Å². The van der Waals surface area contributed by atoms with E-state index < -0.39 is 0 Å². The molecule has 0 bridgehead atoms. The molecule has 4 heteroatoms. The molecular formula is C8H11LiN2O. The molecule has 0 amide bonds. The smallest absolute Gasteiger partial charge is 0.590 e. The van der Waals surface area contributed by atoms with Gasteiger partial charge in [-0.3, -0.25) is 0 Å². The van der Waals surface area contributed by atoms with Gasteiger partial charge in [-0.2, -0.15) is 11.2 Å². The Bertz CT molecular complexity index is 242. The Balaban J connectivity index is 0.00000121. The van der Waals surface area contributed by atoms with Gasteiger partial charge in [0.05, 0.1) is 0 Å². The molecule has 0 spiro atoms. The zero-order chi connectivity index (χ0) is 8.27. The van der Waals surface area contributed by atoms with Gasteiger partial charge in [-0.05, 0) is 18.9 Å². The van der Waals surface area contributed by atoms with Crippen LogP contribution in [0.25, 0.3) is 0 Å². The van der Waals surface area contributed by atoms with Crippen LogP contribution in [0, 0.1) is 6.26 Å². The standard InChI is InChI=1S/C8H11N2O.Li/c1-7(9-10(2)3)8-5-4-6-11-8;/h4-5H,1-3H3;/q-1;+1/b9-7+;. The first-order chi connectivity index (χ1) is 5.20. The maximum absolute atomic E-state index is 5.01. The molecule has 1 aromatic heterocycles. The minimum Gasteiger partial charge on any atom is -0.590 e. The Morgan fingerprint density at radius 2 is 2.25 bits per heavy atom. The van der Waals surface area contributed by atoms with Crippen LogP contribution >= 0.6 is 0 Å². The predicted octanol–water partition coefficient (Wildman–Crippen LogP) is -1.63. The molecule has 0 aliphatic rings. The second-order valence-corrected chi connectivity index (χ2v) is 2.45. The third-order valence-corrected chi connectivity index (χ3v) is 1.18. The monoisotopic (exact) mass is 158 g/mol. The van der Waals surface area contributed by atoms with Crippen LogP contribution in [0.4, 0.5) is 0 Å². The largest absolute Gasteiger partial charge is 1.00 e. The van der Waals surface area contributed by atoms with Gasteiger partial charge in [0, 0.05) is 19.8 Å². The molecular weight excluding hydrogens is 147 g/mol. The summed E-state index contributed by atoms with van der Waals surface area (Å²) in [4.78, 5) is 0. The molecule has 0 aliphatic heterocycles. The van der Waals surface area contributed by atoms with Crippen LogP contribution < -0.4 is 18.9 Å². The third kappa shape index (κ3) is 3.16. The van der Waals surface area contributed by atoms with E-state index in [0.717, 1.165) is 11.5 Å². The van der Waals surface area contributed by atoms with Crippen molar-refractivity contribution in [1.82, 2.24) is 5.01 Å². The van der Waals surface area contributed by atoms with E-state index in [1.54, 1.807) is 11.1 Å². The Morgan fingerprint density at radius 1 is 1.58 bits per heavy atom. The van der Waals surface area contributed by atoms with Gasteiger partial charge in [-0.25, -0.2) is 0 Å². The van der Waals surface area contributed by atoms with Crippen LogP contribution in [0.3, 0.4) is 0 Å². The van der Waals surface area contributed by atoms with Crippen LogP contribution in [0.5, 0.6) is 0 Å². The summed E-state index contributed by atoms with van der Waals surface area (Å²) < 4.78 is 5.01.